The first kappa shape index (κ1) is 31.5. The van der Waals surface area contributed by atoms with E-state index < -0.39 is 0 Å². The summed E-state index contributed by atoms with van der Waals surface area (Å²) in [6, 6.07) is 65.5. The Labute approximate surface area is 326 Å². The molecule has 12 aromatic rings. The Hall–Kier alpha value is -7.83. The van der Waals surface area contributed by atoms with E-state index in [-0.39, 0.29) is 0 Å². The topological polar surface area (TPSA) is 61.7 Å². The third-order valence-corrected chi connectivity index (χ3v) is 11.2. The van der Waals surface area contributed by atoms with Gasteiger partial charge >= 0.3 is 0 Å². The molecule has 0 aliphatic carbocycles. The molecular weight excluding hydrogens is 699 g/mol. The first-order valence-corrected chi connectivity index (χ1v) is 19.1. The summed E-state index contributed by atoms with van der Waals surface area (Å²) in [7, 11) is 0. The highest BCUT2D eigenvalue weighted by atomic mass is 16.3. The summed E-state index contributed by atoms with van der Waals surface area (Å²) in [4.78, 5) is 14.9. The molecule has 12 rings (SSSR count). The third-order valence-electron chi connectivity index (χ3n) is 11.2. The van der Waals surface area contributed by atoms with Crippen molar-refractivity contribution in [2.75, 3.05) is 0 Å². The molecule has 266 valence electrons. The number of para-hydroxylation sites is 3. The second-order valence-corrected chi connectivity index (χ2v) is 14.4. The maximum Gasteiger partial charge on any atom is 0.164 e. The van der Waals surface area contributed by atoms with Gasteiger partial charge in [-0.2, -0.15) is 0 Å². The molecule has 0 aliphatic heterocycles. The van der Waals surface area contributed by atoms with Crippen molar-refractivity contribution in [3.05, 3.63) is 188 Å². The normalized spacial score (nSPS) is 11.9. The third kappa shape index (κ3) is 4.81. The molecular formula is C51H31N5O. The van der Waals surface area contributed by atoms with Crippen molar-refractivity contribution in [1.82, 2.24) is 24.1 Å². The van der Waals surface area contributed by atoms with Gasteiger partial charge in [0.05, 0.1) is 33.1 Å². The van der Waals surface area contributed by atoms with E-state index >= 15 is 0 Å². The number of furan rings is 1. The fourth-order valence-electron chi connectivity index (χ4n) is 8.66. The molecule has 8 aromatic carbocycles. The minimum atomic E-state index is 0.611. The Kier molecular flexibility index (Phi) is 6.83. The summed E-state index contributed by atoms with van der Waals surface area (Å²) < 4.78 is 11.6. The van der Waals surface area contributed by atoms with Gasteiger partial charge in [0, 0.05) is 49.3 Å². The van der Waals surface area contributed by atoms with Crippen molar-refractivity contribution in [2.45, 2.75) is 0 Å². The van der Waals surface area contributed by atoms with E-state index in [4.69, 9.17) is 19.4 Å². The lowest BCUT2D eigenvalue weighted by molar-refractivity contribution is 0.673. The molecule has 0 aliphatic rings. The van der Waals surface area contributed by atoms with E-state index in [0.29, 0.717) is 17.5 Å². The maximum atomic E-state index is 6.85. The molecule has 0 saturated carbocycles. The van der Waals surface area contributed by atoms with Gasteiger partial charge in [-0.05, 0) is 66.7 Å². The van der Waals surface area contributed by atoms with Crippen LogP contribution < -0.4 is 0 Å². The summed E-state index contributed by atoms with van der Waals surface area (Å²) >= 11 is 0. The fourth-order valence-corrected chi connectivity index (χ4v) is 8.66. The summed E-state index contributed by atoms with van der Waals surface area (Å²) in [5.41, 5.74) is 11.2. The second-order valence-electron chi connectivity index (χ2n) is 14.4. The van der Waals surface area contributed by atoms with E-state index in [2.05, 4.69) is 124 Å². The molecule has 0 unspecified atom stereocenters. The Morgan fingerprint density at radius 1 is 0.351 bits per heavy atom. The number of fused-ring (bicyclic) bond motifs is 10. The standard InChI is InChI=1S/C51H31N5O/c1-4-15-32(16-5-1)49-52-50(33-17-6-2-7-18-33)54-51(53-49)34-27-30-45-39(31-34)36-28-29-44-47(48(36)57-45)38-22-11-13-24-41(38)56(44)43-26-14-25-42-46(43)37-21-10-12-23-40(37)55(42)35-19-8-3-9-20-35/h1-31H. The fraction of sp³-hybridized carbons (Fsp3) is 0. The van der Waals surface area contributed by atoms with Gasteiger partial charge in [-0.3, -0.25) is 0 Å². The maximum absolute atomic E-state index is 6.85. The monoisotopic (exact) mass is 729 g/mol. The predicted octanol–water partition coefficient (Wildman–Crippen LogP) is 13.0. The van der Waals surface area contributed by atoms with Gasteiger partial charge in [0.1, 0.15) is 11.2 Å². The number of hydrogen-bond donors (Lipinski definition) is 0. The van der Waals surface area contributed by atoms with Crippen LogP contribution in [0.4, 0.5) is 0 Å². The molecule has 0 radical (unpaired) electrons. The Balaban J connectivity index is 1.09. The van der Waals surface area contributed by atoms with Crippen molar-refractivity contribution in [3.63, 3.8) is 0 Å². The molecule has 0 spiro atoms. The zero-order chi connectivity index (χ0) is 37.5. The van der Waals surface area contributed by atoms with Crippen molar-refractivity contribution < 1.29 is 4.42 Å². The quantitative estimate of drug-likeness (QED) is 0.177. The van der Waals surface area contributed by atoms with Crippen molar-refractivity contribution in [1.29, 1.82) is 0 Å². The van der Waals surface area contributed by atoms with Crippen LogP contribution in [-0.2, 0) is 0 Å². The minimum Gasteiger partial charge on any atom is -0.455 e. The van der Waals surface area contributed by atoms with E-state index in [1.54, 1.807) is 0 Å². The zero-order valence-corrected chi connectivity index (χ0v) is 30.5. The molecule has 6 heteroatoms. The van der Waals surface area contributed by atoms with Crippen LogP contribution in [0.25, 0.3) is 111 Å². The highest BCUT2D eigenvalue weighted by Crippen LogP contribution is 2.44. The molecule has 0 saturated heterocycles. The van der Waals surface area contributed by atoms with Crippen molar-refractivity contribution in [3.8, 4) is 45.5 Å². The van der Waals surface area contributed by atoms with Gasteiger partial charge in [0.25, 0.3) is 0 Å². The summed E-state index contributed by atoms with van der Waals surface area (Å²) in [5, 5.41) is 6.69. The lowest BCUT2D eigenvalue weighted by atomic mass is 10.1. The number of benzene rings is 8. The number of rotatable bonds is 5. The van der Waals surface area contributed by atoms with Crippen LogP contribution in [0.15, 0.2) is 192 Å². The summed E-state index contributed by atoms with van der Waals surface area (Å²) in [6.07, 6.45) is 0. The van der Waals surface area contributed by atoms with E-state index in [1.807, 2.05) is 72.8 Å². The lowest BCUT2D eigenvalue weighted by Crippen LogP contribution is -2.00. The average molecular weight is 730 g/mol. The highest BCUT2D eigenvalue weighted by Gasteiger charge is 2.23. The van der Waals surface area contributed by atoms with Crippen LogP contribution >= 0.6 is 0 Å². The van der Waals surface area contributed by atoms with Crippen LogP contribution in [0, 0.1) is 0 Å². The molecule has 0 fully saturated rings. The van der Waals surface area contributed by atoms with Gasteiger partial charge in [-0.25, -0.2) is 15.0 Å². The first-order valence-electron chi connectivity index (χ1n) is 19.1. The molecule has 0 bridgehead atoms. The van der Waals surface area contributed by atoms with Crippen LogP contribution in [0.1, 0.15) is 0 Å². The molecule has 0 amide bonds. The van der Waals surface area contributed by atoms with E-state index in [9.17, 15) is 0 Å². The van der Waals surface area contributed by atoms with Crippen LogP contribution in [0.2, 0.25) is 0 Å². The van der Waals surface area contributed by atoms with Crippen LogP contribution in [0.5, 0.6) is 0 Å². The van der Waals surface area contributed by atoms with Gasteiger partial charge in [-0.15, -0.1) is 0 Å². The van der Waals surface area contributed by atoms with E-state index in [0.717, 1.165) is 77.3 Å². The molecule has 0 atom stereocenters. The van der Waals surface area contributed by atoms with Crippen molar-refractivity contribution >= 4 is 65.6 Å². The lowest BCUT2D eigenvalue weighted by Gasteiger charge is -2.11. The molecule has 0 N–H and O–H groups in total. The summed E-state index contributed by atoms with van der Waals surface area (Å²) in [5.74, 6) is 1.88. The second kappa shape index (κ2) is 12.3. The van der Waals surface area contributed by atoms with Crippen molar-refractivity contribution in [2.24, 2.45) is 0 Å². The van der Waals surface area contributed by atoms with Crippen LogP contribution in [0.3, 0.4) is 0 Å². The smallest absolute Gasteiger partial charge is 0.164 e. The molecule has 57 heavy (non-hydrogen) atoms. The Morgan fingerprint density at radius 2 is 0.895 bits per heavy atom. The Morgan fingerprint density at radius 3 is 1.58 bits per heavy atom. The van der Waals surface area contributed by atoms with Gasteiger partial charge in [-0.1, -0.05) is 121 Å². The Bertz CT molecular complexity index is 3450. The van der Waals surface area contributed by atoms with E-state index in [1.165, 1.54) is 16.3 Å². The predicted molar refractivity (Wildman–Crippen MR) is 232 cm³/mol. The molecule has 6 nitrogen and oxygen atoms in total. The van der Waals surface area contributed by atoms with Gasteiger partial charge < -0.3 is 13.6 Å². The van der Waals surface area contributed by atoms with Gasteiger partial charge in [0.15, 0.2) is 17.5 Å². The average Bonchev–Trinajstić information content (AvgIpc) is 3.94. The minimum absolute atomic E-state index is 0.611. The highest BCUT2D eigenvalue weighted by molar-refractivity contribution is 6.25. The first-order chi connectivity index (χ1) is 28.3. The van der Waals surface area contributed by atoms with Crippen LogP contribution in [-0.4, -0.2) is 24.1 Å². The molecule has 4 aromatic heterocycles. The number of aromatic nitrogens is 5. The molecule has 4 heterocycles. The SMILES string of the molecule is c1ccc(-c2nc(-c3ccccc3)nc(-c3ccc4oc5c(ccc6c5c5ccccc5n6-c5cccc6c5c5ccccc5n6-c5ccccc5)c4c3)n2)cc1. The zero-order valence-electron chi connectivity index (χ0n) is 30.5. The number of hydrogen-bond acceptors (Lipinski definition) is 4. The number of nitrogens with zero attached hydrogens (tertiary/aromatic N) is 5. The largest absolute Gasteiger partial charge is 0.455 e. The summed E-state index contributed by atoms with van der Waals surface area (Å²) in [6.45, 7) is 0. The van der Waals surface area contributed by atoms with Gasteiger partial charge in [0.2, 0.25) is 0 Å².